The van der Waals surface area contributed by atoms with Crippen LogP contribution in [-0.4, -0.2) is 41.4 Å². The molecule has 5 nitrogen and oxygen atoms in total. The van der Waals surface area contributed by atoms with Gasteiger partial charge < -0.3 is 14.2 Å². The standard InChI is InChI=1S/C20H28N2O3/c1-5-10-21(11-6-2)20(24)14-22-13-17(19(23)7-3)16-9-8-15(25-4)12-18(16)22/h8-9,12-13H,5-7,10-11,14H2,1-4H3. The van der Waals surface area contributed by atoms with E-state index in [2.05, 4.69) is 13.8 Å². The molecular weight excluding hydrogens is 316 g/mol. The molecule has 0 saturated heterocycles. The molecule has 2 aromatic rings. The van der Waals surface area contributed by atoms with Gasteiger partial charge in [0.05, 0.1) is 12.6 Å². The third-order valence-electron chi connectivity index (χ3n) is 4.36. The Morgan fingerprint density at radius 1 is 1.12 bits per heavy atom. The monoisotopic (exact) mass is 344 g/mol. The first kappa shape index (κ1) is 19.0. The van der Waals surface area contributed by atoms with Gasteiger partial charge in [-0.25, -0.2) is 0 Å². The fourth-order valence-corrected chi connectivity index (χ4v) is 3.09. The summed E-state index contributed by atoms with van der Waals surface area (Å²) in [5.74, 6) is 0.882. The van der Waals surface area contributed by atoms with Crippen LogP contribution in [0.25, 0.3) is 10.9 Å². The maximum atomic E-state index is 12.7. The molecule has 1 aromatic carbocycles. The predicted molar refractivity (Wildman–Crippen MR) is 100 cm³/mol. The number of hydrogen-bond acceptors (Lipinski definition) is 3. The van der Waals surface area contributed by atoms with Crippen LogP contribution in [0.1, 0.15) is 50.4 Å². The number of carbonyl (C=O) groups is 2. The summed E-state index contributed by atoms with van der Waals surface area (Å²) in [5.41, 5.74) is 1.53. The van der Waals surface area contributed by atoms with Gasteiger partial charge in [-0.15, -0.1) is 0 Å². The molecule has 2 rings (SSSR count). The molecule has 25 heavy (non-hydrogen) atoms. The molecule has 0 atom stereocenters. The highest BCUT2D eigenvalue weighted by molar-refractivity contribution is 6.08. The van der Waals surface area contributed by atoms with E-state index in [1.807, 2.05) is 40.8 Å². The lowest BCUT2D eigenvalue weighted by molar-refractivity contribution is -0.131. The maximum absolute atomic E-state index is 12.7. The average Bonchev–Trinajstić information content (AvgIpc) is 2.98. The Balaban J connectivity index is 2.41. The smallest absolute Gasteiger partial charge is 0.242 e. The average molecular weight is 344 g/mol. The van der Waals surface area contributed by atoms with Gasteiger partial charge in [-0.05, 0) is 25.0 Å². The van der Waals surface area contributed by atoms with E-state index in [1.165, 1.54) is 0 Å². The van der Waals surface area contributed by atoms with Crippen LogP contribution in [0.5, 0.6) is 5.75 Å². The topological polar surface area (TPSA) is 51.5 Å². The van der Waals surface area contributed by atoms with Gasteiger partial charge in [-0.1, -0.05) is 20.8 Å². The molecule has 0 saturated carbocycles. The summed E-state index contributed by atoms with van der Waals surface area (Å²) in [7, 11) is 1.61. The van der Waals surface area contributed by atoms with E-state index in [0.29, 0.717) is 17.7 Å². The minimum absolute atomic E-state index is 0.0823. The second-order valence-electron chi connectivity index (χ2n) is 6.21. The van der Waals surface area contributed by atoms with Crippen molar-refractivity contribution in [2.75, 3.05) is 20.2 Å². The zero-order chi connectivity index (χ0) is 18.4. The van der Waals surface area contributed by atoms with E-state index >= 15 is 0 Å². The molecule has 0 spiro atoms. The lowest BCUT2D eigenvalue weighted by Gasteiger charge is -2.22. The van der Waals surface area contributed by atoms with Crippen molar-refractivity contribution in [3.8, 4) is 5.75 Å². The van der Waals surface area contributed by atoms with E-state index in [9.17, 15) is 9.59 Å². The van der Waals surface area contributed by atoms with Crippen LogP contribution in [0.4, 0.5) is 0 Å². The van der Waals surface area contributed by atoms with E-state index in [1.54, 1.807) is 7.11 Å². The molecule has 1 amide bonds. The number of methoxy groups -OCH3 is 1. The second-order valence-corrected chi connectivity index (χ2v) is 6.21. The van der Waals surface area contributed by atoms with Crippen LogP contribution >= 0.6 is 0 Å². The van der Waals surface area contributed by atoms with E-state index in [-0.39, 0.29) is 18.2 Å². The maximum Gasteiger partial charge on any atom is 0.242 e. The van der Waals surface area contributed by atoms with Crippen molar-refractivity contribution in [1.82, 2.24) is 9.47 Å². The Morgan fingerprint density at radius 3 is 2.36 bits per heavy atom. The highest BCUT2D eigenvalue weighted by atomic mass is 16.5. The fraction of sp³-hybridized carbons (Fsp3) is 0.500. The van der Waals surface area contributed by atoms with Crippen molar-refractivity contribution in [1.29, 1.82) is 0 Å². The van der Waals surface area contributed by atoms with Gasteiger partial charge in [0.25, 0.3) is 0 Å². The van der Waals surface area contributed by atoms with Gasteiger partial charge in [0.2, 0.25) is 5.91 Å². The Labute approximate surface area is 149 Å². The first-order chi connectivity index (χ1) is 12.0. The number of benzene rings is 1. The summed E-state index contributed by atoms with van der Waals surface area (Å²) in [6, 6.07) is 5.63. The Morgan fingerprint density at radius 2 is 1.80 bits per heavy atom. The molecule has 0 aliphatic carbocycles. The number of aromatic nitrogens is 1. The quantitative estimate of drug-likeness (QED) is 0.649. The van der Waals surface area contributed by atoms with Gasteiger partial charge in [0.15, 0.2) is 5.78 Å². The Kier molecular flexibility index (Phi) is 6.62. The number of ether oxygens (including phenoxy) is 1. The molecule has 0 aliphatic rings. The highest BCUT2D eigenvalue weighted by Gasteiger charge is 2.18. The van der Waals surface area contributed by atoms with Gasteiger partial charge in [-0.2, -0.15) is 0 Å². The number of Topliss-reactive ketones (excluding diaryl/α,β-unsaturated/α-hetero) is 1. The fourth-order valence-electron chi connectivity index (χ4n) is 3.09. The minimum Gasteiger partial charge on any atom is -0.497 e. The molecule has 0 bridgehead atoms. The van der Waals surface area contributed by atoms with Crippen LogP contribution in [0.15, 0.2) is 24.4 Å². The summed E-state index contributed by atoms with van der Waals surface area (Å²) >= 11 is 0. The van der Waals surface area contributed by atoms with Crippen molar-refractivity contribution < 1.29 is 14.3 Å². The van der Waals surface area contributed by atoms with Crippen molar-refractivity contribution >= 4 is 22.6 Å². The molecule has 5 heteroatoms. The normalized spacial score (nSPS) is 10.9. The van der Waals surface area contributed by atoms with Crippen LogP contribution < -0.4 is 4.74 Å². The molecule has 1 heterocycles. The number of rotatable bonds is 9. The number of carbonyl (C=O) groups excluding carboxylic acids is 2. The molecule has 0 radical (unpaired) electrons. The number of fused-ring (bicyclic) bond motifs is 1. The van der Waals surface area contributed by atoms with Crippen molar-refractivity contribution in [3.63, 3.8) is 0 Å². The lowest BCUT2D eigenvalue weighted by atomic mass is 10.1. The first-order valence-electron chi connectivity index (χ1n) is 9.03. The third-order valence-corrected chi connectivity index (χ3v) is 4.36. The number of nitrogens with zero attached hydrogens (tertiary/aromatic N) is 2. The summed E-state index contributed by atoms with van der Waals surface area (Å²) in [6.07, 6.45) is 4.12. The summed E-state index contributed by atoms with van der Waals surface area (Å²) in [5, 5.41) is 0.873. The summed E-state index contributed by atoms with van der Waals surface area (Å²) in [4.78, 5) is 26.9. The molecular formula is C20H28N2O3. The van der Waals surface area contributed by atoms with Gasteiger partial charge in [0.1, 0.15) is 12.3 Å². The molecule has 136 valence electrons. The highest BCUT2D eigenvalue weighted by Crippen LogP contribution is 2.27. The van der Waals surface area contributed by atoms with Crippen LogP contribution in [0.3, 0.4) is 0 Å². The SMILES string of the molecule is CCCN(CCC)C(=O)Cn1cc(C(=O)CC)c2ccc(OC)cc21. The van der Waals surface area contributed by atoms with Gasteiger partial charge in [0, 0.05) is 42.7 Å². The number of amides is 1. The Bertz CT molecular complexity index is 743. The molecule has 0 aliphatic heterocycles. The third kappa shape index (κ3) is 4.21. The van der Waals surface area contributed by atoms with E-state index in [4.69, 9.17) is 4.74 Å². The van der Waals surface area contributed by atoms with Gasteiger partial charge in [-0.3, -0.25) is 9.59 Å². The molecule has 0 N–H and O–H groups in total. The Hall–Kier alpha value is -2.30. The van der Waals surface area contributed by atoms with Crippen LogP contribution in [-0.2, 0) is 11.3 Å². The zero-order valence-corrected chi connectivity index (χ0v) is 15.7. The lowest BCUT2D eigenvalue weighted by Crippen LogP contribution is -2.35. The molecule has 0 fully saturated rings. The van der Waals surface area contributed by atoms with Crippen molar-refractivity contribution in [2.45, 2.75) is 46.6 Å². The molecule has 1 aromatic heterocycles. The summed E-state index contributed by atoms with van der Waals surface area (Å²) in [6.45, 7) is 7.75. The number of ketones is 1. The zero-order valence-electron chi connectivity index (χ0n) is 15.7. The largest absolute Gasteiger partial charge is 0.497 e. The van der Waals surface area contributed by atoms with Crippen LogP contribution in [0, 0.1) is 0 Å². The van der Waals surface area contributed by atoms with Crippen LogP contribution in [0.2, 0.25) is 0 Å². The molecule has 0 unspecified atom stereocenters. The van der Waals surface area contributed by atoms with Crippen molar-refractivity contribution in [2.24, 2.45) is 0 Å². The van der Waals surface area contributed by atoms with Crippen molar-refractivity contribution in [3.05, 3.63) is 30.0 Å². The second kappa shape index (κ2) is 8.70. The first-order valence-corrected chi connectivity index (χ1v) is 9.03. The predicted octanol–water partition coefficient (Wildman–Crippen LogP) is 3.89. The van der Waals surface area contributed by atoms with Gasteiger partial charge >= 0.3 is 0 Å². The minimum atomic E-state index is 0.0823. The van der Waals surface area contributed by atoms with E-state index < -0.39 is 0 Å². The van der Waals surface area contributed by atoms with E-state index in [0.717, 1.165) is 36.8 Å². The summed E-state index contributed by atoms with van der Waals surface area (Å²) < 4.78 is 7.19. The number of hydrogen-bond donors (Lipinski definition) is 0.